The third-order valence-electron chi connectivity index (χ3n) is 2.88. The molecule has 3 heteroatoms. The van der Waals surface area contributed by atoms with E-state index in [9.17, 15) is 5.11 Å². The predicted molar refractivity (Wildman–Crippen MR) is 57.1 cm³/mol. The maximum Gasteiger partial charge on any atom is 0.0697 e. The minimum absolute atomic E-state index is 0.248. The van der Waals surface area contributed by atoms with Crippen LogP contribution in [0.1, 0.15) is 32.2 Å². The molecular formula is C11H20N2O. The predicted octanol–water partition coefficient (Wildman–Crippen LogP) is 1.68. The molecule has 0 saturated heterocycles. The van der Waals surface area contributed by atoms with Crippen LogP contribution in [-0.2, 0) is 13.5 Å². The van der Waals surface area contributed by atoms with E-state index in [1.54, 1.807) is 0 Å². The van der Waals surface area contributed by atoms with E-state index in [1.165, 1.54) is 0 Å². The Kier molecular flexibility index (Phi) is 3.00. The van der Waals surface area contributed by atoms with E-state index in [1.807, 2.05) is 45.5 Å². The van der Waals surface area contributed by atoms with Crippen molar-refractivity contribution in [2.24, 2.45) is 13.0 Å². The molecule has 1 aromatic rings. The molecule has 0 bridgehead atoms. The summed E-state index contributed by atoms with van der Waals surface area (Å²) in [5.74, 6) is 0.248. The van der Waals surface area contributed by atoms with Crippen molar-refractivity contribution in [3.8, 4) is 0 Å². The van der Waals surface area contributed by atoms with Crippen molar-refractivity contribution >= 4 is 0 Å². The highest BCUT2D eigenvalue weighted by molar-refractivity contribution is 5.11. The lowest BCUT2D eigenvalue weighted by molar-refractivity contribution is 0.0123. The number of nitrogens with zero attached hydrogens (tertiary/aromatic N) is 2. The highest BCUT2D eigenvalue weighted by Gasteiger charge is 2.26. The van der Waals surface area contributed by atoms with Crippen LogP contribution in [0.5, 0.6) is 0 Å². The van der Waals surface area contributed by atoms with Gasteiger partial charge in [0.25, 0.3) is 0 Å². The molecule has 80 valence electrons. The summed E-state index contributed by atoms with van der Waals surface area (Å²) >= 11 is 0. The number of aliphatic hydroxyl groups is 1. The lowest BCUT2D eigenvalue weighted by Gasteiger charge is -2.27. The molecule has 0 saturated carbocycles. The summed E-state index contributed by atoms with van der Waals surface area (Å²) in [6.45, 7) is 7.90. The Morgan fingerprint density at radius 1 is 1.57 bits per heavy atom. The lowest BCUT2D eigenvalue weighted by atomic mass is 9.88. The topological polar surface area (TPSA) is 38.0 Å². The van der Waals surface area contributed by atoms with Crippen LogP contribution in [0.3, 0.4) is 0 Å². The summed E-state index contributed by atoms with van der Waals surface area (Å²) in [7, 11) is 1.92. The van der Waals surface area contributed by atoms with E-state index >= 15 is 0 Å². The molecule has 0 aliphatic rings. The van der Waals surface area contributed by atoms with Gasteiger partial charge >= 0.3 is 0 Å². The van der Waals surface area contributed by atoms with Gasteiger partial charge in [-0.05, 0) is 25.8 Å². The van der Waals surface area contributed by atoms with E-state index in [2.05, 4.69) is 5.10 Å². The second-order valence-electron chi connectivity index (χ2n) is 4.59. The average Bonchev–Trinajstić information content (AvgIpc) is 2.29. The molecule has 0 spiro atoms. The Balaban J connectivity index is 2.83. The minimum atomic E-state index is -0.653. The van der Waals surface area contributed by atoms with Gasteiger partial charge in [-0.1, -0.05) is 13.8 Å². The molecule has 3 nitrogen and oxygen atoms in total. The van der Waals surface area contributed by atoms with Crippen LogP contribution in [0.15, 0.2) is 6.07 Å². The Hall–Kier alpha value is -0.830. The standard InChI is InChI=1S/C11H20N2O/c1-8(2)11(4,14)7-10-6-9(3)12-13(10)5/h6,8,14H,7H2,1-5H3. The van der Waals surface area contributed by atoms with E-state index in [-0.39, 0.29) is 5.92 Å². The van der Waals surface area contributed by atoms with Crippen molar-refractivity contribution < 1.29 is 5.11 Å². The Morgan fingerprint density at radius 3 is 2.50 bits per heavy atom. The molecule has 0 radical (unpaired) electrons. The van der Waals surface area contributed by atoms with Crippen LogP contribution in [0.4, 0.5) is 0 Å². The van der Waals surface area contributed by atoms with Gasteiger partial charge in [0.2, 0.25) is 0 Å². The first-order valence-electron chi connectivity index (χ1n) is 5.05. The first kappa shape index (κ1) is 11.2. The lowest BCUT2D eigenvalue weighted by Crippen LogP contribution is -2.34. The van der Waals surface area contributed by atoms with E-state index in [0.29, 0.717) is 6.42 Å². The van der Waals surface area contributed by atoms with E-state index in [4.69, 9.17) is 0 Å². The maximum absolute atomic E-state index is 10.1. The van der Waals surface area contributed by atoms with E-state index in [0.717, 1.165) is 11.4 Å². The molecule has 0 fully saturated rings. The number of aromatic nitrogens is 2. The molecule has 1 unspecified atom stereocenters. The first-order chi connectivity index (χ1) is 6.33. The number of hydrogen-bond acceptors (Lipinski definition) is 2. The summed E-state index contributed by atoms with van der Waals surface area (Å²) in [4.78, 5) is 0. The second-order valence-corrected chi connectivity index (χ2v) is 4.59. The van der Waals surface area contributed by atoms with Crippen molar-refractivity contribution in [3.05, 3.63) is 17.5 Å². The largest absolute Gasteiger partial charge is 0.390 e. The fraction of sp³-hybridized carbons (Fsp3) is 0.727. The summed E-state index contributed by atoms with van der Waals surface area (Å²) in [5.41, 5.74) is 1.43. The van der Waals surface area contributed by atoms with Gasteiger partial charge in [-0.25, -0.2) is 0 Å². The highest BCUT2D eigenvalue weighted by atomic mass is 16.3. The third kappa shape index (κ3) is 2.35. The molecule has 14 heavy (non-hydrogen) atoms. The molecule has 1 rings (SSSR count). The third-order valence-corrected chi connectivity index (χ3v) is 2.88. The number of hydrogen-bond donors (Lipinski definition) is 1. The van der Waals surface area contributed by atoms with Gasteiger partial charge in [-0.2, -0.15) is 5.10 Å². The molecular weight excluding hydrogens is 176 g/mol. The van der Waals surface area contributed by atoms with Crippen molar-refractivity contribution in [2.45, 2.75) is 39.7 Å². The SMILES string of the molecule is Cc1cc(CC(C)(O)C(C)C)n(C)n1. The van der Waals surface area contributed by atoms with Gasteiger partial charge in [0, 0.05) is 19.2 Å². The van der Waals surface area contributed by atoms with Crippen LogP contribution >= 0.6 is 0 Å². The Morgan fingerprint density at radius 2 is 2.14 bits per heavy atom. The summed E-state index contributed by atoms with van der Waals surface area (Å²) < 4.78 is 1.84. The van der Waals surface area contributed by atoms with Crippen LogP contribution in [-0.4, -0.2) is 20.5 Å². The molecule has 0 aliphatic carbocycles. The Bertz CT molecular complexity index is 313. The molecule has 0 aliphatic heterocycles. The van der Waals surface area contributed by atoms with Crippen molar-refractivity contribution in [3.63, 3.8) is 0 Å². The molecule has 1 aromatic heterocycles. The fourth-order valence-electron chi connectivity index (χ4n) is 1.40. The maximum atomic E-state index is 10.1. The summed E-state index contributed by atoms with van der Waals surface area (Å²) in [6.07, 6.45) is 0.655. The van der Waals surface area contributed by atoms with Crippen molar-refractivity contribution in [1.29, 1.82) is 0 Å². The normalized spacial score (nSPS) is 15.9. The van der Waals surface area contributed by atoms with Gasteiger partial charge in [-0.3, -0.25) is 4.68 Å². The molecule has 0 aromatic carbocycles. The van der Waals surface area contributed by atoms with E-state index < -0.39 is 5.60 Å². The second kappa shape index (κ2) is 3.73. The highest BCUT2D eigenvalue weighted by Crippen LogP contribution is 2.21. The van der Waals surface area contributed by atoms with Crippen LogP contribution in [0.25, 0.3) is 0 Å². The van der Waals surface area contributed by atoms with Crippen molar-refractivity contribution in [2.75, 3.05) is 0 Å². The van der Waals surface area contributed by atoms with Gasteiger partial charge in [-0.15, -0.1) is 0 Å². The number of rotatable bonds is 3. The van der Waals surface area contributed by atoms with Crippen molar-refractivity contribution in [1.82, 2.24) is 9.78 Å². The molecule has 0 amide bonds. The van der Waals surface area contributed by atoms with Crippen LogP contribution < -0.4 is 0 Å². The van der Waals surface area contributed by atoms with Gasteiger partial charge < -0.3 is 5.11 Å². The molecule has 1 heterocycles. The van der Waals surface area contributed by atoms with Gasteiger partial charge in [0.1, 0.15) is 0 Å². The summed E-state index contributed by atoms with van der Waals surface area (Å²) in [5, 5.41) is 14.4. The first-order valence-corrected chi connectivity index (χ1v) is 5.05. The van der Waals surface area contributed by atoms with Gasteiger partial charge in [0.05, 0.1) is 11.3 Å². The molecule has 1 N–H and O–H groups in total. The zero-order chi connectivity index (χ0) is 10.9. The summed E-state index contributed by atoms with van der Waals surface area (Å²) in [6, 6.07) is 2.02. The van der Waals surface area contributed by atoms with Crippen LogP contribution in [0, 0.1) is 12.8 Å². The van der Waals surface area contributed by atoms with Gasteiger partial charge in [0.15, 0.2) is 0 Å². The van der Waals surface area contributed by atoms with Crippen LogP contribution in [0.2, 0.25) is 0 Å². The molecule has 1 atom stereocenters. The fourth-order valence-corrected chi connectivity index (χ4v) is 1.40. The zero-order valence-electron chi connectivity index (χ0n) is 9.70. The zero-order valence-corrected chi connectivity index (χ0v) is 9.70. The number of aryl methyl sites for hydroxylation is 2. The Labute approximate surface area is 85.8 Å². The average molecular weight is 196 g/mol. The minimum Gasteiger partial charge on any atom is -0.390 e. The quantitative estimate of drug-likeness (QED) is 0.798. The smallest absolute Gasteiger partial charge is 0.0697 e. The monoisotopic (exact) mass is 196 g/mol.